The summed E-state index contributed by atoms with van der Waals surface area (Å²) in [6.07, 6.45) is 3.62. The molecule has 0 aromatic heterocycles. The van der Waals surface area contributed by atoms with Crippen LogP contribution in [0, 0.1) is 17.2 Å². The second kappa shape index (κ2) is 4.76. The Kier molecular flexibility index (Phi) is 3.36. The predicted octanol–water partition coefficient (Wildman–Crippen LogP) is 3.81. The molecule has 0 radical (unpaired) electrons. The van der Waals surface area contributed by atoms with E-state index >= 15 is 0 Å². The van der Waals surface area contributed by atoms with Crippen LogP contribution in [0.3, 0.4) is 0 Å². The van der Waals surface area contributed by atoms with E-state index in [2.05, 4.69) is 18.3 Å². The molecule has 2 rings (SSSR count). The lowest BCUT2D eigenvalue weighted by molar-refractivity contribution is 0.602. The van der Waals surface area contributed by atoms with Crippen molar-refractivity contribution in [1.29, 1.82) is 5.26 Å². The first-order valence-electron chi connectivity index (χ1n) is 5.65. The topological polar surface area (TPSA) is 35.8 Å². The van der Waals surface area contributed by atoms with Gasteiger partial charge in [-0.05, 0) is 43.4 Å². The van der Waals surface area contributed by atoms with E-state index in [1.54, 1.807) is 12.1 Å². The highest BCUT2D eigenvalue weighted by atomic mass is 35.5. The molecule has 1 aliphatic rings. The highest BCUT2D eigenvalue weighted by molar-refractivity contribution is 6.30. The smallest absolute Gasteiger partial charge is 0.101 e. The monoisotopic (exact) mass is 234 g/mol. The first-order valence-corrected chi connectivity index (χ1v) is 6.03. The molecule has 16 heavy (non-hydrogen) atoms. The fraction of sp³-hybridized carbons (Fsp3) is 0.462. The summed E-state index contributed by atoms with van der Waals surface area (Å²) < 4.78 is 0. The number of hydrogen-bond acceptors (Lipinski definition) is 2. The Balaban J connectivity index is 2.14. The molecule has 2 unspecified atom stereocenters. The van der Waals surface area contributed by atoms with E-state index in [4.69, 9.17) is 16.9 Å². The number of rotatable bonds is 2. The standard InChI is InChI=1S/C13H15ClN2/c1-9-2-5-12(6-9)16-13-7-11(14)4-3-10(13)8-15/h3-4,7,9,12,16H,2,5-6H2,1H3. The van der Waals surface area contributed by atoms with Crippen LogP contribution in [0.4, 0.5) is 5.69 Å². The Bertz CT molecular complexity index is 422. The van der Waals surface area contributed by atoms with Crippen molar-refractivity contribution in [3.63, 3.8) is 0 Å². The number of anilines is 1. The Morgan fingerprint density at radius 2 is 2.25 bits per heavy atom. The largest absolute Gasteiger partial charge is 0.381 e. The average Bonchev–Trinajstić information content (AvgIpc) is 2.64. The maximum Gasteiger partial charge on any atom is 0.101 e. The molecule has 1 N–H and O–H groups in total. The third-order valence-electron chi connectivity index (χ3n) is 3.16. The van der Waals surface area contributed by atoms with E-state index in [9.17, 15) is 0 Å². The number of nitrogens with zero attached hydrogens (tertiary/aromatic N) is 1. The minimum atomic E-state index is 0.487. The van der Waals surface area contributed by atoms with Gasteiger partial charge in [0, 0.05) is 11.1 Å². The maximum atomic E-state index is 9.00. The molecule has 1 saturated carbocycles. The van der Waals surface area contributed by atoms with E-state index in [0.717, 1.165) is 11.6 Å². The summed E-state index contributed by atoms with van der Waals surface area (Å²) in [5.74, 6) is 0.780. The number of nitrogens with one attached hydrogen (secondary N) is 1. The van der Waals surface area contributed by atoms with E-state index in [-0.39, 0.29) is 0 Å². The van der Waals surface area contributed by atoms with Crippen LogP contribution in [0.25, 0.3) is 0 Å². The third kappa shape index (κ3) is 2.48. The van der Waals surface area contributed by atoms with E-state index < -0.39 is 0 Å². The first-order chi connectivity index (χ1) is 7.69. The molecule has 1 aromatic carbocycles. The minimum absolute atomic E-state index is 0.487. The van der Waals surface area contributed by atoms with Crippen molar-refractivity contribution >= 4 is 17.3 Å². The minimum Gasteiger partial charge on any atom is -0.381 e. The summed E-state index contributed by atoms with van der Waals surface area (Å²) in [5, 5.41) is 13.1. The molecular formula is C13H15ClN2. The third-order valence-corrected chi connectivity index (χ3v) is 3.39. The average molecular weight is 235 g/mol. The van der Waals surface area contributed by atoms with E-state index in [1.807, 2.05) is 6.07 Å². The fourth-order valence-corrected chi connectivity index (χ4v) is 2.46. The van der Waals surface area contributed by atoms with Crippen LogP contribution in [0.5, 0.6) is 0 Å². The van der Waals surface area contributed by atoms with Crippen molar-refractivity contribution in [3.8, 4) is 6.07 Å². The second-order valence-electron chi connectivity index (χ2n) is 4.56. The van der Waals surface area contributed by atoms with Crippen LogP contribution >= 0.6 is 11.6 Å². The number of hydrogen-bond donors (Lipinski definition) is 1. The lowest BCUT2D eigenvalue weighted by Gasteiger charge is -2.15. The van der Waals surface area contributed by atoms with Crippen LogP contribution in [0.15, 0.2) is 18.2 Å². The maximum absolute atomic E-state index is 9.00. The lowest BCUT2D eigenvalue weighted by Crippen LogP contribution is -2.16. The number of halogens is 1. The van der Waals surface area contributed by atoms with Gasteiger partial charge in [-0.1, -0.05) is 18.5 Å². The van der Waals surface area contributed by atoms with E-state index in [0.29, 0.717) is 16.6 Å². The summed E-state index contributed by atoms with van der Waals surface area (Å²) in [6.45, 7) is 2.27. The Morgan fingerprint density at radius 1 is 1.44 bits per heavy atom. The second-order valence-corrected chi connectivity index (χ2v) is 5.00. The zero-order valence-electron chi connectivity index (χ0n) is 9.33. The zero-order chi connectivity index (χ0) is 11.5. The van der Waals surface area contributed by atoms with Gasteiger partial charge in [0.1, 0.15) is 6.07 Å². The van der Waals surface area contributed by atoms with Crippen molar-refractivity contribution in [3.05, 3.63) is 28.8 Å². The molecular weight excluding hydrogens is 220 g/mol. The van der Waals surface area contributed by atoms with Gasteiger partial charge in [-0.3, -0.25) is 0 Å². The molecule has 0 aliphatic heterocycles. The van der Waals surface area contributed by atoms with Gasteiger partial charge in [-0.2, -0.15) is 5.26 Å². The molecule has 0 bridgehead atoms. The molecule has 1 aliphatic carbocycles. The van der Waals surface area contributed by atoms with Crippen molar-refractivity contribution in [1.82, 2.24) is 0 Å². The molecule has 3 heteroatoms. The summed E-state index contributed by atoms with van der Waals surface area (Å²) in [4.78, 5) is 0. The fourth-order valence-electron chi connectivity index (χ4n) is 2.29. The van der Waals surface area contributed by atoms with Crippen LogP contribution in [-0.4, -0.2) is 6.04 Å². The van der Waals surface area contributed by atoms with Crippen molar-refractivity contribution in [2.75, 3.05) is 5.32 Å². The van der Waals surface area contributed by atoms with Crippen molar-refractivity contribution < 1.29 is 0 Å². The van der Waals surface area contributed by atoms with Crippen LogP contribution in [-0.2, 0) is 0 Å². The SMILES string of the molecule is CC1CCC(Nc2cc(Cl)ccc2C#N)C1. The number of nitriles is 1. The summed E-state index contributed by atoms with van der Waals surface area (Å²) in [6, 6.07) is 8.03. The van der Waals surface area contributed by atoms with Gasteiger partial charge in [0.15, 0.2) is 0 Å². The first kappa shape index (κ1) is 11.3. The molecule has 84 valence electrons. The molecule has 2 nitrogen and oxygen atoms in total. The summed E-state index contributed by atoms with van der Waals surface area (Å²) in [5.41, 5.74) is 1.54. The van der Waals surface area contributed by atoms with Gasteiger partial charge in [0.2, 0.25) is 0 Å². The van der Waals surface area contributed by atoms with Gasteiger partial charge in [0.05, 0.1) is 11.3 Å². The van der Waals surface area contributed by atoms with Crippen LogP contribution in [0.1, 0.15) is 31.7 Å². The molecule has 0 heterocycles. The summed E-state index contributed by atoms with van der Waals surface area (Å²) >= 11 is 5.94. The van der Waals surface area contributed by atoms with Crippen molar-refractivity contribution in [2.45, 2.75) is 32.2 Å². The van der Waals surface area contributed by atoms with Gasteiger partial charge in [0.25, 0.3) is 0 Å². The van der Waals surface area contributed by atoms with Gasteiger partial charge in [-0.15, -0.1) is 0 Å². The molecule has 1 aromatic rings. The normalized spacial score (nSPS) is 24.1. The van der Waals surface area contributed by atoms with Gasteiger partial charge < -0.3 is 5.32 Å². The molecule has 0 saturated heterocycles. The van der Waals surface area contributed by atoms with Crippen LogP contribution < -0.4 is 5.32 Å². The highest BCUT2D eigenvalue weighted by Gasteiger charge is 2.21. The Labute approximate surface area is 101 Å². The van der Waals surface area contributed by atoms with Gasteiger partial charge in [-0.25, -0.2) is 0 Å². The molecule has 2 atom stereocenters. The lowest BCUT2D eigenvalue weighted by atomic mass is 10.1. The summed E-state index contributed by atoms with van der Waals surface area (Å²) in [7, 11) is 0. The zero-order valence-corrected chi connectivity index (χ0v) is 10.1. The quantitative estimate of drug-likeness (QED) is 0.845. The highest BCUT2D eigenvalue weighted by Crippen LogP contribution is 2.29. The van der Waals surface area contributed by atoms with Gasteiger partial charge >= 0.3 is 0 Å². The number of benzene rings is 1. The van der Waals surface area contributed by atoms with Crippen LogP contribution in [0.2, 0.25) is 5.02 Å². The van der Waals surface area contributed by atoms with Crippen molar-refractivity contribution in [2.24, 2.45) is 5.92 Å². The molecule has 0 amide bonds. The Hall–Kier alpha value is -1.20. The molecule has 1 fully saturated rings. The molecule has 0 spiro atoms. The Morgan fingerprint density at radius 3 is 2.88 bits per heavy atom. The predicted molar refractivity (Wildman–Crippen MR) is 66.6 cm³/mol. The van der Waals surface area contributed by atoms with E-state index in [1.165, 1.54) is 19.3 Å².